The zero-order valence-electron chi connectivity index (χ0n) is 40.7. The van der Waals surface area contributed by atoms with Gasteiger partial charge in [-0.3, -0.25) is 14.4 Å². The number of Topliss-reactive ketones (excluding diaryl/α,β-unsaturated/α-hetero) is 1. The van der Waals surface area contributed by atoms with Crippen LogP contribution < -0.4 is 5.32 Å². The Bertz CT molecular complexity index is 2350. The fraction of sp³-hybridized carbons (Fsp3) is 0.527. The molecule has 2 fully saturated rings. The van der Waals surface area contributed by atoms with Crippen LogP contribution in [0.4, 0.5) is 0 Å². The van der Waals surface area contributed by atoms with Crippen LogP contribution in [0, 0.1) is 35.5 Å². The number of nitrogens with one attached hydrogen (secondary N) is 1. The number of carbonyl (C=O) groups is 3. The lowest BCUT2D eigenvalue weighted by molar-refractivity contribution is -0.146. The summed E-state index contributed by atoms with van der Waals surface area (Å²) in [6, 6.07) is 0. The summed E-state index contributed by atoms with van der Waals surface area (Å²) in [5, 5.41) is 14.1. The highest BCUT2D eigenvalue weighted by molar-refractivity contribution is 6.42. The standard InChI is InChI=1S/C55H72N4O6/c1-12-38-35(8)42-27-43-36(9)40(23-24-48(61)65-26-25-34(7)22-16-21-33(6)20-15-19-32(5)18-14-17-31(3)4)52(58-43)50-51(55(63)64-11)54(62)49-37(10)44(59-53(49)50)28-46-39(13-2)41(30-60)47(57-46)29-45(38)56-42/h12,25,27-33,36,40,51,58,60H,1,13-24,26H2,2-11H3/b34-25-,41-30?,43-27?,44-28?,45-29?,52-50?/t32?,33?,36-,40-,51?/m1/s1. The number of hydrogen-bond donors (Lipinski definition) is 2. The molecule has 0 aromatic heterocycles. The van der Waals surface area contributed by atoms with Crippen LogP contribution in [0.25, 0.3) is 0 Å². The van der Waals surface area contributed by atoms with Crippen molar-refractivity contribution >= 4 is 34.9 Å². The molecule has 0 radical (unpaired) electrons. The van der Waals surface area contributed by atoms with Gasteiger partial charge in [-0.1, -0.05) is 105 Å². The van der Waals surface area contributed by atoms with E-state index in [1.54, 1.807) is 6.08 Å². The van der Waals surface area contributed by atoms with Gasteiger partial charge in [0.2, 0.25) is 0 Å². The molecule has 0 aromatic rings. The number of nitrogens with zero attached hydrogens (tertiary/aromatic N) is 3. The molecule has 5 heterocycles. The summed E-state index contributed by atoms with van der Waals surface area (Å²) < 4.78 is 11.0. The molecule has 3 unspecified atom stereocenters. The number of ether oxygens (including phenoxy) is 2. The number of methoxy groups -OCH3 is 1. The van der Waals surface area contributed by atoms with Crippen molar-refractivity contribution in [2.75, 3.05) is 13.7 Å². The lowest BCUT2D eigenvalue weighted by atomic mass is 9.85. The molecular formula is C55H72N4O6. The smallest absolute Gasteiger partial charge is 0.321 e. The summed E-state index contributed by atoms with van der Waals surface area (Å²) in [6.07, 6.45) is 22.9. The molecule has 1 aliphatic carbocycles. The molecule has 0 spiro atoms. The lowest BCUT2D eigenvalue weighted by Crippen LogP contribution is -2.26. The number of allylic oxidation sites excluding steroid dienone is 12. The summed E-state index contributed by atoms with van der Waals surface area (Å²) in [5.41, 5.74) is 10.9. The Hall–Kier alpha value is -5.38. The van der Waals surface area contributed by atoms with Crippen molar-refractivity contribution in [3.8, 4) is 0 Å². The lowest BCUT2D eigenvalue weighted by Gasteiger charge is -2.19. The van der Waals surface area contributed by atoms with E-state index in [0.717, 1.165) is 53.4 Å². The number of aliphatic hydroxyl groups is 1. The molecule has 6 aliphatic rings. The van der Waals surface area contributed by atoms with Crippen LogP contribution in [-0.2, 0) is 23.9 Å². The number of ketones is 1. The molecule has 0 amide bonds. The van der Waals surface area contributed by atoms with Crippen LogP contribution in [0.3, 0.4) is 0 Å². The Balaban J connectivity index is 1.21. The summed E-state index contributed by atoms with van der Waals surface area (Å²) >= 11 is 0. The fourth-order valence-electron chi connectivity index (χ4n) is 10.1. The van der Waals surface area contributed by atoms with Crippen LogP contribution in [0.5, 0.6) is 0 Å². The third kappa shape index (κ3) is 10.8. The Kier molecular flexibility index (Phi) is 16.4. The van der Waals surface area contributed by atoms with Gasteiger partial charge in [-0.15, -0.1) is 0 Å². The highest BCUT2D eigenvalue weighted by Crippen LogP contribution is 2.47. The van der Waals surface area contributed by atoms with E-state index >= 15 is 0 Å². The molecule has 5 atom stereocenters. The number of aliphatic hydroxyl groups excluding tert-OH is 1. The Morgan fingerprint density at radius 3 is 2.25 bits per heavy atom. The highest BCUT2D eigenvalue weighted by Gasteiger charge is 2.52. The van der Waals surface area contributed by atoms with Crippen molar-refractivity contribution in [2.24, 2.45) is 50.5 Å². The number of fused-ring (bicyclic) bond motifs is 5. The maximum atomic E-state index is 14.4. The first-order chi connectivity index (χ1) is 31.1. The topological polar surface area (TPSA) is 139 Å². The molecule has 10 heteroatoms. The van der Waals surface area contributed by atoms with Gasteiger partial charge in [0, 0.05) is 51.9 Å². The number of rotatable bonds is 20. The van der Waals surface area contributed by atoms with Gasteiger partial charge >= 0.3 is 11.9 Å². The number of hydrogen-bond acceptors (Lipinski definition) is 10. The van der Waals surface area contributed by atoms with Gasteiger partial charge in [-0.05, 0) is 105 Å². The van der Waals surface area contributed by atoms with E-state index in [-0.39, 0.29) is 36.6 Å². The van der Waals surface area contributed by atoms with E-state index in [1.807, 2.05) is 45.1 Å². The van der Waals surface area contributed by atoms with Crippen molar-refractivity contribution in [3.05, 3.63) is 116 Å². The van der Waals surface area contributed by atoms with Gasteiger partial charge in [0.1, 0.15) is 12.5 Å². The maximum Gasteiger partial charge on any atom is 0.321 e. The first kappa shape index (κ1) is 49.1. The normalized spacial score (nSPS) is 23.2. The highest BCUT2D eigenvalue weighted by atomic mass is 16.5. The summed E-state index contributed by atoms with van der Waals surface area (Å²) in [5.74, 6) is -0.732. The summed E-state index contributed by atoms with van der Waals surface area (Å²) in [4.78, 5) is 56.5. The van der Waals surface area contributed by atoms with Crippen molar-refractivity contribution in [3.63, 3.8) is 0 Å². The molecule has 1 saturated carbocycles. The van der Waals surface area contributed by atoms with Gasteiger partial charge in [0.25, 0.3) is 0 Å². The van der Waals surface area contributed by atoms with Crippen molar-refractivity contribution in [1.29, 1.82) is 0 Å². The fourth-order valence-corrected chi connectivity index (χ4v) is 10.1. The Labute approximate surface area is 387 Å². The molecule has 6 rings (SSSR count). The minimum absolute atomic E-state index is 0.139. The van der Waals surface area contributed by atoms with Gasteiger partial charge < -0.3 is 19.9 Å². The van der Waals surface area contributed by atoms with E-state index in [0.29, 0.717) is 81.0 Å². The van der Waals surface area contributed by atoms with E-state index in [2.05, 4.69) is 53.4 Å². The second kappa shape index (κ2) is 21.7. The minimum atomic E-state index is -1.23. The van der Waals surface area contributed by atoms with Crippen LogP contribution in [-0.4, -0.2) is 53.7 Å². The molecule has 8 bridgehead atoms. The van der Waals surface area contributed by atoms with Crippen molar-refractivity contribution < 1.29 is 29.0 Å². The van der Waals surface area contributed by atoms with E-state index in [1.165, 1.54) is 57.6 Å². The zero-order valence-corrected chi connectivity index (χ0v) is 40.7. The Morgan fingerprint density at radius 2 is 1.60 bits per heavy atom. The first-order valence-corrected chi connectivity index (χ1v) is 24.1. The maximum absolute atomic E-state index is 14.4. The summed E-state index contributed by atoms with van der Waals surface area (Å²) in [6.45, 7) is 23.7. The quantitative estimate of drug-likeness (QED) is 0.0537. The Morgan fingerprint density at radius 1 is 0.908 bits per heavy atom. The zero-order chi connectivity index (χ0) is 47.1. The van der Waals surface area contributed by atoms with Gasteiger partial charge in [0.05, 0.1) is 47.6 Å². The van der Waals surface area contributed by atoms with Gasteiger partial charge in [0.15, 0.2) is 5.78 Å². The molecule has 2 N–H and O–H groups in total. The van der Waals surface area contributed by atoms with Crippen molar-refractivity contribution in [1.82, 2.24) is 5.32 Å². The SMILES string of the molecule is C=CC1=C(C)C2=NC1=CC1=NC(=C(CC)C1=CO)C=C1N=C3C(=C1C)C(=O)C(C(=O)OC)C3=C1NC(=C2)[C@H](C)[C@H]1CCC(=O)OC/C=C(/C)CCCC(C)CCCC(C)CCCC(C)C. The second-order valence-corrected chi connectivity index (χ2v) is 19.4. The average Bonchev–Trinajstić information content (AvgIpc) is 4.02. The molecule has 5 aliphatic heterocycles. The second-order valence-electron chi connectivity index (χ2n) is 19.4. The molecular weight excluding hydrogens is 813 g/mol. The van der Waals surface area contributed by atoms with E-state index in [9.17, 15) is 19.5 Å². The van der Waals surface area contributed by atoms with Crippen LogP contribution in [0.1, 0.15) is 139 Å². The molecule has 0 aromatic carbocycles. The largest absolute Gasteiger partial charge is 0.515 e. The molecule has 10 nitrogen and oxygen atoms in total. The predicted molar refractivity (Wildman–Crippen MR) is 262 cm³/mol. The van der Waals surface area contributed by atoms with Gasteiger partial charge in [-0.25, -0.2) is 15.0 Å². The van der Waals surface area contributed by atoms with E-state index in [4.69, 9.17) is 24.5 Å². The number of aliphatic imine (C=N–C) groups is 3. The minimum Gasteiger partial charge on any atom is -0.515 e. The van der Waals surface area contributed by atoms with Crippen LogP contribution in [0.15, 0.2) is 131 Å². The van der Waals surface area contributed by atoms with Crippen LogP contribution >= 0.6 is 0 Å². The summed E-state index contributed by atoms with van der Waals surface area (Å²) in [7, 11) is 1.29. The van der Waals surface area contributed by atoms with Crippen LogP contribution in [0.2, 0.25) is 0 Å². The first-order valence-electron chi connectivity index (χ1n) is 24.1. The third-order valence-electron chi connectivity index (χ3n) is 14.2. The van der Waals surface area contributed by atoms with Gasteiger partial charge in [-0.2, -0.15) is 0 Å². The molecule has 348 valence electrons. The van der Waals surface area contributed by atoms with E-state index < -0.39 is 11.9 Å². The number of esters is 2. The third-order valence-corrected chi connectivity index (χ3v) is 14.2. The van der Waals surface area contributed by atoms with Crippen molar-refractivity contribution in [2.45, 2.75) is 139 Å². The molecule has 1 saturated heterocycles. The predicted octanol–water partition coefficient (Wildman–Crippen LogP) is 12.1. The monoisotopic (exact) mass is 885 g/mol. The number of carbonyl (C=O) groups excluding carboxylic acids is 3. The average molecular weight is 885 g/mol. The molecule has 65 heavy (non-hydrogen) atoms.